The summed E-state index contributed by atoms with van der Waals surface area (Å²) in [5.74, 6) is 0.926. The zero-order valence-corrected chi connectivity index (χ0v) is 18.9. The summed E-state index contributed by atoms with van der Waals surface area (Å²) in [6.45, 7) is 4.41. The van der Waals surface area contributed by atoms with Crippen molar-refractivity contribution in [3.63, 3.8) is 0 Å². The highest BCUT2D eigenvalue weighted by Crippen LogP contribution is 2.34. The van der Waals surface area contributed by atoms with Crippen LogP contribution >= 0.6 is 23.1 Å². The van der Waals surface area contributed by atoms with Gasteiger partial charge in [-0.3, -0.25) is 9.59 Å². The molecule has 0 unspecified atom stereocenters. The fraction of sp³-hybridized carbons (Fsp3) is 0.217. The molecule has 4 aromatic rings. The smallest absolute Gasteiger partial charge is 0.234 e. The Balaban J connectivity index is 1.48. The fourth-order valence-electron chi connectivity index (χ4n) is 3.29. The summed E-state index contributed by atoms with van der Waals surface area (Å²) < 4.78 is 3.31. The number of fused-ring (bicyclic) bond motifs is 1. The van der Waals surface area contributed by atoms with Crippen LogP contribution in [-0.4, -0.2) is 32.2 Å². The van der Waals surface area contributed by atoms with E-state index in [4.69, 9.17) is 0 Å². The first kappa shape index (κ1) is 21.3. The molecule has 8 heteroatoms. The zero-order valence-electron chi connectivity index (χ0n) is 17.3. The van der Waals surface area contributed by atoms with Crippen LogP contribution in [0.15, 0.2) is 59.1 Å². The fourth-order valence-corrected chi connectivity index (χ4v) is 4.99. The van der Waals surface area contributed by atoms with Gasteiger partial charge in [-0.05, 0) is 43.7 Å². The van der Waals surface area contributed by atoms with Crippen molar-refractivity contribution in [2.24, 2.45) is 0 Å². The summed E-state index contributed by atoms with van der Waals surface area (Å²) in [6, 6.07) is 15.2. The Kier molecular flexibility index (Phi) is 6.48. The van der Waals surface area contributed by atoms with Crippen LogP contribution in [0.5, 0.6) is 0 Å². The minimum Gasteiger partial charge on any atom is -0.325 e. The second-order valence-electron chi connectivity index (χ2n) is 7.07. The van der Waals surface area contributed by atoms with E-state index < -0.39 is 0 Å². The quantitative estimate of drug-likeness (QED) is 0.283. The van der Waals surface area contributed by atoms with Gasteiger partial charge < -0.3 is 9.88 Å². The standard InChI is InChI=1S/C23H22N4O2S2/c1-3-12-27-22(19-13-30-20-7-5-4-6-18(19)20)25-26-23(27)31-14-21(29)24-17-10-8-16(9-11-17)15(2)28/h4-11,13H,3,12,14H2,1-2H3,(H,24,29). The SMILES string of the molecule is CCCn1c(SCC(=O)Nc2ccc(C(C)=O)cc2)nnc1-c1csc2ccccc12. The molecule has 2 aromatic heterocycles. The molecule has 0 aliphatic carbocycles. The van der Waals surface area contributed by atoms with Gasteiger partial charge >= 0.3 is 0 Å². The predicted octanol–water partition coefficient (Wildman–Crippen LogP) is 5.50. The molecule has 31 heavy (non-hydrogen) atoms. The molecule has 0 spiro atoms. The highest BCUT2D eigenvalue weighted by Gasteiger charge is 2.18. The van der Waals surface area contributed by atoms with Gasteiger partial charge in [0.15, 0.2) is 16.8 Å². The van der Waals surface area contributed by atoms with Crippen LogP contribution in [0.4, 0.5) is 5.69 Å². The maximum atomic E-state index is 12.4. The minimum absolute atomic E-state index is 0.00195. The number of thioether (sulfide) groups is 1. The highest BCUT2D eigenvalue weighted by atomic mass is 32.2. The molecule has 0 bridgehead atoms. The first-order valence-electron chi connectivity index (χ1n) is 10.00. The lowest BCUT2D eigenvalue weighted by Crippen LogP contribution is -2.14. The van der Waals surface area contributed by atoms with Crippen molar-refractivity contribution >= 4 is 50.6 Å². The minimum atomic E-state index is -0.130. The van der Waals surface area contributed by atoms with Gasteiger partial charge in [0.1, 0.15) is 0 Å². The summed E-state index contributed by atoms with van der Waals surface area (Å²) >= 11 is 3.07. The second kappa shape index (κ2) is 9.45. The molecule has 6 nitrogen and oxygen atoms in total. The van der Waals surface area contributed by atoms with Gasteiger partial charge in [-0.15, -0.1) is 21.5 Å². The number of carbonyl (C=O) groups is 2. The van der Waals surface area contributed by atoms with Crippen LogP contribution < -0.4 is 5.32 Å². The number of nitrogens with one attached hydrogen (secondary N) is 1. The number of Topliss-reactive ketones (excluding diaryl/α,β-unsaturated/α-hetero) is 1. The Bertz CT molecular complexity index is 1230. The number of anilines is 1. The molecule has 4 rings (SSSR count). The van der Waals surface area contributed by atoms with Crippen molar-refractivity contribution in [3.05, 3.63) is 59.5 Å². The number of benzene rings is 2. The Morgan fingerprint density at radius 3 is 2.61 bits per heavy atom. The molecular formula is C23H22N4O2S2. The summed E-state index contributed by atoms with van der Waals surface area (Å²) in [6.07, 6.45) is 0.940. The predicted molar refractivity (Wildman–Crippen MR) is 127 cm³/mol. The Morgan fingerprint density at radius 1 is 1.10 bits per heavy atom. The summed E-state index contributed by atoms with van der Waals surface area (Å²) in [5.41, 5.74) is 2.35. The number of rotatable bonds is 8. The molecule has 0 aliphatic heterocycles. The number of carbonyl (C=O) groups excluding carboxylic acids is 2. The third kappa shape index (κ3) is 4.70. The summed E-state index contributed by atoms with van der Waals surface area (Å²) in [4.78, 5) is 23.8. The van der Waals surface area contributed by atoms with Gasteiger partial charge in [-0.1, -0.05) is 36.9 Å². The third-order valence-corrected chi connectivity index (χ3v) is 6.72. The van der Waals surface area contributed by atoms with Gasteiger partial charge in [0.25, 0.3) is 0 Å². The van der Waals surface area contributed by atoms with Gasteiger partial charge in [0, 0.05) is 38.8 Å². The number of hydrogen-bond donors (Lipinski definition) is 1. The molecular weight excluding hydrogens is 428 g/mol. The number of ketones is 1. The molecule has 0 saturated carbocycles. The monoisotopic (exact) mass is 450 g/mol. The third-order valence-electron chi connectivity index (χ3n) is 4.79. The van der Waals surface area contributed by atoms with E-state index in [0.29, 0.717) is 11.3 Å². The molecule has 1 N–H and O–H groups in total. The van der Waals surface area contributed by atoms with E-state index in [9.17, 15) is 9.59 Å². The van der Waals surface area contributed by atoms with Crippen LogP contribution in [0.3, 0.4) is 0 Å². The molecule has 2 heterocycles. The van der Waals surface area contributed by atoms with Crippen LogP contribution in [0, 0.1) is 0 Å². The van der Waals surface area contributed by atoms with Crippen molar-refractivity contribution in [2.75, 3.05) is 11.1 Å². The number of aromatic nitrogens is 3. The molecule has 0 fully saturated rings. The van der Waals surface area contributed by atoms with E-state index in [1.807, 2.05) is 12.1 Å². The van der Waals surface area contributed by atoms with Crippen molar-refractivity contribution in [1.29, 1.82) is 0 Å². The zero-order chi connectivity index (χ0) is 21.8. The largest absolute Gasteiger partial charge is 0.325 e. The second-order valence-corrected chi connectivity index (χ2v) is 8.93. The van der Waals surface area contributed by atoms with Gasteiger partial charge in [0.05, 0.1) is 5.75 Å². The number of amides is 1. The van der Waals surface area contributed by atoms with E-state index in [0.717, 1.165) is 29.5 Å². The highest BCUT2D eigenvalue weighted by molar-refractivity contribution is 7.99. The number of hydrogen-bond acceptors (Lipinski definition) is 6. The van der Waals surface area contributed by atoms with Crippen molar-refractivity contribution in [1.82, 2.24) is 14.8 Å². The Hall–Kier alpha value is -2.97. The normalized spacial score (nSPS) is 11.0. The summed E-state index contributed by atoms with van der Waals surface area (Å²) in [5, 5.41) is 15.7. The maximum Gasteiger partial charge on any atom is 0.234 e. The van der Waals surface area contributed by atoms with E-state index >= 15 is 0 Å². The summed E-state index contributed by atoms with van der Waals surface area (Å²) in [7, 11) is 0. The molecule has 0 radical (unpaired) electrons. The lowest BCUT2D eigenvalue weighted by Gasteiger charge is -2.09. The topological polar surface area (TPSA) is 76.9 Å². The molecule has 0 saturated heterocycles. The van der Waals surface area contributed by atoms with Crippen LogP contribution in [0.1, 0.15) is 30.6 Å². The number of nitrogens with zero attached hydrogens (tertiary/aromatic N) is 3. The molecule has 0 aliphatic rings. The molecule has 2 aromatic carbocycles. The molecule has 158 valence electrons. The van der Waals surface area contributed by atoms with E-state index in [-0.39, 0.29) is 17.4 Å². The van der Waals surface area contributed by atoms with Gasteiger partial charge in [-0.2, -0.15) is 0 Å². The van der Waals surface area contributed by atoms with Crippen molar-refractivity contribution < 1.29 is 9.59 Å². The maximum absolute atomic E-state index is 12.4. The first-order chi connectivity index (χ1) is 15.1. The lowest BCUT2D eigenvalue weighted by molar-refractivity contribution is -0.113. The molecule has 1 amide bonds. The molecule has 0 atom stereocenters. The van der Waals surface area contributed by atoms with E-state index in [1.54, 1.807) is 35.6 Å². The van der Waals surface area contributed by atoms with Crippen LogP contribution in [0.2, 0.25) is 0 Å². The Labute approximate surface area is 188 Å². The Morgan fingerprint density at radius 2 is 1.87 bits per heavy atom. The lowest BCUT2D eigenvalue weighted by atomic mass is 10.1. The van der Waals surface area contributed by atoms with E-state index in [2.05, 4.69) is 44.5 Å². The average Bonchev–Trinajstić information content (AvgIpc) is 3.37. The first-order valence-corrected chi connectivity index (χ1v) is 11.9. The van der Waals surface area contributed by atoms with Gasteiger partial charge in [0.2, 0.25) is 5.91 Å². The number of thiophene rings is 1. The van der Waals surface area contributed by atoms with Crippen LogP contribution in [0.25, 0.3) is 21.5 Å². The van der Waals surface area contributed by atoms with Gasteiger partial charge in [-0.25, -0.2) is 0 Å². The average molecular weight is 451 g/mol. The van der Waals surface area contributed by atoms with Crippen molar-refractivity contribution in [2.45, 2.75) is 32.0 Å². The van der Waals surface area contributed by atoms with Crippen LogP contribution in [-0.2, 0) is 11.3 Å². The van der Waals surface area contributed by atoms with E-state index in [1.165, 1.54) is 28.8 Å². The van der Waals surface area contributed by atoms with Crippen molar-refractivity contribution in [3.8, 4) is 11.4 Å².